The first kappa shape index (κ1) is 34.8. The van der Waals surface area contributed by atoms with Gasteiger partial charge in [0.2, 0.25) is 0 Å². The summed E-state index contributed by atoms with van der Waals surface area (Å²) < 4.78 is 38.8. The smallest absolute Gasteiger partial charge is 0.119 e. The monoisotopic (exact) mass is 540 g/mol. The zero-order valence-electron chi connectivity index (χ0n) is 24.4. The maximum absolute atomic E-state index is 5.76. The fourth-order valence-electron chi connectivity index (χ4n) is 3.74. The Morgan fingerprint density at radius 1 is 0.395 bits per heavy atom. The maximum atomic E-state index is 5.76. The van der Waals surface area contributed by atoms with E-state index in [0.29, 0.717) is 79.3 Å². The third kappa shape index (κ3) is 23.9. The molecule has 0 N–H and O–H groups in total. The first-order valence-corrected chi connectivity index (χ1v) is 15.0. The van der Waals surface area contributed by atoms with Gasteiger partial charge < -0.3 is 33.2 Å². The molecular weight excluding hydrogens is 484 g/mol. The van der Waals surface area contributed by atoms with Gasteiger partial charge in [-0.25, -0.2) is 0 Å². The van der Waals surface area contributed by atoms with Gasteiger partial charge >= 0.3 is 0 Å². The molecule has 7 nitrogen and oxygen atoms in total. The topological polar surface area (TPSA) is 64.6 Å². The van der Waals surface area contributed by atoms with Crippen molar-refractivity contribution in [2.24, 2.45) is 0 Å². The predicted octanol–water partition coefficient (Wildman–Crippen LogP) is 6.26. The van der Waals surface area contributed by atoms with Gasteiger partial charge in [-0.3, -0.25) is 0 Å². The van der Waals surface area contributed by atoms with E-state index in [-0.39, 0.29) is 0 Å². The maximum Gasteiger partial charge on any atom is 0.119 e. The highest BCUT2D eigenvalue weighted by Gasteiger charge is 1.98. The van der Waals surface area contributed by atoms with E-state index in [1.165, 1.54) is 56.9 Å². The van der Waals surface area contributed by atoms with Gasteiger partial charge in [-0.1, -0.05) is 70.9 Å². The minimum absolute atomic E-state index is 0.539. The van der Waals surface area contributed by atoms with Crippen LogP contribution >= 0.6 is 0 Å². The molecule has 0 aliphatic carbocycles. The number of hydrogen-bond donors (Lipinski definition) is 0. The molecule has 1 rings (SSSR count). The van der Waals surface area contributed by atoms with Crippen LogP contribution in [-0.2, 0) is 34.8 Å². The van der Waals surface area contributed by atoms with Crippen molar-refractivity contribution >= 4 is 0 Å². The van der Waals surface area contributed by atoms with E-state index < -0.39 is 0 Å². The number of benzene rings is 1. The summed E-state index contributed by atoms with van der Waals surface area (Å²) in [5.41, 5.74) is 1.39. The van der Waals surface area contributed by atoms with Crippen LogP contribution in [0.1, 0.15) is 77.2 Å². The normalized spacial score (nSPS) is 11.3. The van der Waals surface area contributed by atoms with Crippen molar-refractivity contribution in [3.05, 3.63) is 29.8 Å². The third-order valence-corrected chi connectivity index (χ3v) is 5.99. The van der Waals surface area contributed by atoms with E-state index in [9.17, 15) is 0 Å². The molecule has 1 aromatic carbocycles. The van der Waals surface area contributed by atoms with Gasteiger partial charge in [0.1, 0.15) is 12.4 Å². The summed E-state index contributed by atoms with van der Waals surface area (Å²) in [6.45, 7) is 12.1. The van der Waals surface area contributed by atoms with Gasteiger partial charge in [0, 0.05) is 6.61 Å². The Balaban J connectivity index is 1.76. The first-order valence-electron chi connectivity index (χ1n) is 15.0. The van der Waals surface area contributed by atoms with Gasteiger partial charge in [0.15, 0.2) is 0 Å². The Hall–Kier alpha value is -1.22. The zero-order valence-corrected chi connectivity index (χ0v) is 24.4. The van der Waals surface area contributed by atoms with E-state index in [4.69, 9.17) is 33.2 Å². The van der Waals surface area contributed by atoms with Crippen LogP contribution in [0.15, 0.2) is 24.3 Å². The Morgan fingerprint density at radius 3 is 1.29 bits per heavy atom. The molecule has 0 radical (unpaired) electrons. The van der Waals surface area contributed by atoms with Crippen LogP contribution in [0.5, 0.6) is 5.75 Å². The quantitative estimate of drug-likeness (QED) is 0.107. The van der Waals surface area contributed by atoms with Gasteiger partial charge in [0.05, 0.1) is 72.7 Å². The molecule has 0 amide bonds. The van der Waals surface area contributed by atoms with Gasteiger partial charge in [-0.05, 0) is 37.0 Å². The molecule has 38 heavy (non-hydrogen) atoms. The summed E-state index contributed by atoms with van der Waals surface area (Å²) in [5, 5.41) is 0. The third-order valence-electron chi connectivity index (χ3n) is 5.99. The van der Waals surface area contributed by atoms with E-state index in [1.54, 1.807) is 0 Å². The second-order valence-corrected chi connectivity index (χ2v) is 9.39. The molecule has 0 heterocycles. The minimum Gasteiger partial charge on any atom is -0.491 e. The number of rotatable bonds is 30. The second-order valence-electron chi connectivity index (χ2n) is 9.39. The largest absolute Gasteiger partial charge is 0.491 e. The average molecular weight is 541 g/mol. The van der Waals surface area contributed by atoms with Crippen molar-refractivity contribution < 1.29 is 33.2 Å². The molecule has 0 aliphatic heterocycles. The fraction of sp³-hybridized carbons (Fsp3) is 0.806. The summed E-state index contributed by atoms with van der Waals surface area (Å²) in [5.74, 6) is 0.896. The van der Waals surface area contributed by atoms with Crippen molar-refractivity contribution in [2.75, 3.05) is 85.9 Å². The van der Waals surface area contributed by atoms with Crippen LogP contribution in [0, 0.1) is 0 Å². The summed E-state index contributed by atoms with van der Waals surface area (Å²) in [6, 6.07) is 8.46. The lowest BCUT2D eigenvalue weighted by molar-refractivity contribution is -0.0179. The lowest BCUT2D eigenvalue weighted by atomic mass is 10.0. The van der Waals surface area contributed by atoms with Crippen LogP contribution in [0.4, 0.5) is 0 Å². The van der Waals surface area contributed by atoms with E-state index in [0.717, 1.165) is 25.2 Å². The van der Waals surface area contributed by atoms with Crippen LogP contribution in [0.3, 0.4) is 0 Å². The molecule has 0 aromatic heterocycles. The van der Waals surface area contributed by atoms with E-state index >= 15 is 0 Å². The number of hydrogen-bond acceptors (Lipinski definition) is 7. The fourth-order valence-corrected chi connectivity index (χ4v) is 3.74. The number of aryl methyl sites for hydroxylation is 1. The number of unbranched alkanes of at least 4 members (excludes halogenated alkanes) is 7. The molecule has 0 atom stereocenters. The van der Waals surface area contributed by atoms with Crippen molar-refractivity contribution in [3.63, 3.8) is 0 Å². The lowest BCUT2D eigenvalue weighted by Gasteiger charge is -2.09. The Labute approximate surface area is 232 Å². The van der Waals surface area contributed by atoms with E-state index in [1.807, 2.05) is 0 Å². The van der Waals surface area contributed by atoms with Crippen LogP contribution in [0.2, 0.25) is 0 Å². The molecule has 0 aliphatic rings. The van der Waals surface area contributed by atoms with Gasteiger partial charge in [0.25, 0.3) is 0 Å². The molecule has 222 valence electrons. The Bertz CT molecular complexity index is 582. The van der Waals surface area contributed by atoms with Crippen molar-refractivity contribution in [1.29, 1.82) is 0 Å². The van der Waals surface area contributed by atoms with Crippen LogP contribution in [0.25, 0.3) is 0 Å². The molecule has 0 spiro atoms. The van der Waals surface area contributed by atoms with Gasteiger partial charge in [-0.2, -0.15) is 0 Å². The highest BCUT2D eigenvalue weighted by Crippen LogP contribution is 2.15. The van der Waals surface area contributed by atoms with Gasteiger partial charge in [-0.15, -0.1) is 0 Å². The molecule has 1 aromatic rings. The Morgan fingerprint density at radius 2 is 0.789 bits per heavy atom. The highest BCUT2D eigenvalue weighted by atomic mass is 16.6. The van der Waals surface area contributed by atoms with Crippen molar-refractivity contribution in [1.82, 2.24) is 0 Å². The second kappa shape index (κ2) is 28.8. The standard InChI is InChI=1S/C31H56O7/c1-3-5-7-8-9-10-12-30-13-15-31(16-14-30)38-29-28-37-27-26-36-25-24-35-23-22-34-21-20-33-19-18-32-17-11-6-4-2/h13-16H,3-12,17-29H2,1-2H3. The van der Waals surface area contributed by atoms with E-state index in [2.05, 4.69) is 38.1 Å². The summed E-state index contributed by atoms with van der Waals surface area (Å²) >= 11 is 0. The number of ether oxygens (including phenoxy) is 7. The molecule has 0 unspecified atom stereocenters. The summed E-state index contributed by atoms with van der Waals surface area (Å²) in [7, 11) is 0. The van der Waals surface area contributed by atoms with Crippen molar-refractivity contribution in [2.45, 2.75) is 78.1 Å². The first-order chi connectivity index (χ1) is 18.9. The molecular formula is C31H56O7. The predicted molar refractivity (Wildman–Crippen MR) is 153 cm³/mol. The summed E-state index contributed by atoms with van der Waals surface area (Å²) in [4.78, 5) is 0. The molecule has 0 saturated carbocycles. The lowest BCUT2D eigenvalue weighted by Crippen LogP contribution is -2.14. The summed E-state index contributed by atoms with van der Waals surface area (Å²) in [6.07, 6.45) is 12.7. The molecule has 7 heteroatoms. The minimum atomic E-state index is 0.539. The highest BCUT2D eigenvalue weighted by molar-refractivity contribution is 5.27. The van der Waals surface area contributed by atoms with Crippen LogP contribution in [-0.4, -0.2) is 85.9 Å². The molecule has 0 bridgehead atoms. The van der Waals surface area contributed by atoms with Crippen molar-refractivity contribution in [3.8, 4) is 5.75 Å². The Kier molecular flexibility index (Phi) is 26.4. The average Bonchev–Trinajstić information content (AvgIpc) is 2.94. The SMILES string of the molecule is CCCCCCCCc1ccc(OCCOCCOCCOCCOCCOCCOCCCCC)cc1. The van der Waals surface area contributed by atoms with Crippen LogP contribution < -0.4 is 4.74 Å². The molecule has 0 fully saturated rings. The zero-order chi connectivity index (χ0) is 27.2. The molecule has 0 saturated heterocycles.